The molecule has 3 saturated carbocycles. The van der Waals surface area contributed by atoms with Gasteiger partial charge in [0.2, 0.25) is 0 Å². The van der Waals surface area contributed by atoms with E-state index in [1.807, 2.05) is 5.57 Å². The van der Waals surface area contributed by atoms with E-state index in [1.54, 1.807) is 0 Å². The first-order chi connectivity index (χ1) is 15.0. The maximum Gasteiger partial charge on any atom is 0.303 e. The van der Waals surface area contributed by atoms with Gasteiger partial charge in [0.25, 0.3) is 0 Å². The van der Waals surface area contributed by atoms with E-state index in [1.165, 1.54) is 64.7 Å². The molecule has 0 aromatic heterocycles. The van der Waals surface area contributed by atoms with Crippen LogP contribution in [-0.4, -0.2) is 11.6 Å². The smallest absolute Gasteiger partial charge is 0.303 e. The average molecular weight is 443 g/mol. The van der Waals surface area contributed by atoms with Gasteiger partial charge in [0.1, 0.15) is 5.60 Å². The van der Waals surface area contributed by atoms with Crippen LogP contribution in [0.25, 0.3) is 0 Å². The van der Waals surface area contributed by atoms with E-state index in [0.29, 0.717) is 10.8 Å². The van der Waals surface area contributed by atoms with Gasteiger partial charge in [0, 0.05) is 6.92 Å². The molecule has 0 bridgehead atoms. The summed E-state index contributed by atoms with van der Waals surface area (Å²) >= 11 is 0. The van der Waals surface area contributed by atoms with Crippen molar-refractivity contribution in [2.45, 2.75) is 125 Å². The minimum Gasteiger partial charge on any atom is -0.460 e. The van der Waals surface area contributed by atoms with Crippen molar-refractivity contribution in [2.24, 2.45) is 46.3 Å². The second kappa shape index (κ2) is 8.77. The van der Waals surface area contributed by atoms with Gasteiger partial charge in [-0.25, -0.2) is 0 Å². The van der Waals surface area contributed by atoms with Crippen LogP contribution in [0, 0.1) is 46.3 Å². The van der Waals surface area contributed by atoms with Crippen LogP contribution < -0.4 is 0 Å². The normalized spacial score (nSPS) is 42.3. The zero-order valence-corrected chi connectivity index (χ0v) is 22.1. The molecule has 4 aliphatic rings. The molecule has 0 radical (unpaired) electrons. The highest BCUT2D eigenvalue weighted by atomic mass is 16.6. The molecule has 4 rings (SSSR count). The maximum absolute atomic E-state index is 11.4. The van der Waals surface area contributed by atoms with Gasteiger partial charge >= 0.3 is 5.97 Å². The molecule has 0 aromatic carbocycles. The van der Waals surface area contributed by atoms with Crippen molar-refractivity contribution in [2.75, 3.05) is 0 Å². The Morgan fingerprint density at radius 3 is 2.62 bits per heavy atom. The summed E-state index contributed by atoms with van der Waals surface area (Å²) in [5.74, 6) is 5.17. The third-order valence-electron chi connectivity index (χ3n) is 11.0. The van der Waals surface area contributed by atoms with E-state index in [-0.39, 0.29) is 11.6 Å². The first kappa shape index (κ1) is 24.3. The van der Waals surface area contributed by atoms with E-state index >= 15 is 0 Å². The third-order valence-corrected chi connectivity index (χ3v) is 11.0. The summed E-state index contributed by atoms with van der Waals surface area (Å²) in [4.78, 5) is 11.4. The van der Waals surface area contributed by atoms with E-state index in [2.05, 4.69) is 47.6 Å². The first-order valence-corrected chi connectivity index (χ1v) is 13.9. The van der Waals surface area contributed by atoms with Crippen LogP contribution in [0.4, 0.5) is 0 Å². The van der Waals surface area contributed by atoms with Crippen LogP contribution in [-0.2, 0) is 9.53 Å². The summed E-state index contributed by atoms with van der Waals surface area (Å²) in [6.45, 7) is 15.9. The SMILES string of the molecule is CC(=O)OC(C)(C)CCCC(C)C1CCC2C3CC=C4CC(C)CCC4(C)C3CCC12C. The molecule has 0 saturated heterocycles. The van der Waals surface area contributed by atoms with Gasteiger partial charge < -0.3 is 4.74 Å². The third kappa shape index (κ3) is 4.34. The van der Waals surface area contributed by atoms with Crippen molar-refractivity contribution in [3.05, 3.63) is 11.6 Å². The summed E-state index contributed by atoms with van der Waals surface area (Å²) in [5.41, 5.74) is 2.54. The molecule has 0 aromatic rings. The van der Waals surface area contributed by atoms with Crippen molar-refractivity contribution in [3.63, 3.8) is 0 Å². The number of rotatable bonds is 6. The number of carbonyl (C=O) groups excluding carboxylic acids is 1. The largest absolute Gasteiger partial charge is 0.460 e. The van der Waals surface area contributed by atoms with Gasteiger partial charge in [-0.3, -0.25) is 4.79 Å². The van der Waals surface area contributed by atoms with Gasteiger partial charge in [0.05, 0.1) is 0 Å². The summed E-state index contributed by atoms with van der Waals surface area (Å²) in [7, 11) is 0. The Morgan fingerprint density at radius 1 is 1.16 bits per heavy atom. The molecule has 2 heteroatoms. The van der Waals surface area contributed by atoms with Crippen molar-refractivity contribution in [1.29, 1.82) is 0 Å². The fraction of sp³-hybridized carbons (Fsp3) is 0.900. The average Bonchev–Trinajstić information content (AvgIpc) is 3.04. The quantitative estimate of drug-likeness (QED) is 0.305. The van der Waals surface area contributed by atoms with Crippen molar-refractivity contribution < 1.29 is 9.53 Å². The summed E-state index contributed by atoms with van der Waals surface area (Å²) in [6.07, 6.45) is 17.5. The van der Waals surface area contributed by atoms with Gasteiger partial charge in [0.15, 0.2) is 0 Å². The Bertz CT molecular complexity index is 735. The molecule has 0 aliphatic heterocycles. The highest BCUT2D eigenvalue weighted by Gasteiger charge is 2.58. The number of esters is 1. The Morgan fingerprint density at radius 2 is 1.91 bits per heavy atom. The molecule has 0 N–H and O–H groups in total. The molecule has 182 valence electrons. The monoisotopic (exact) mass is 442 g/mol. The number of hydrogen-bond acceptors (Lipinski definition) is 2. The lowest BCUT2D eigenvalue weighted by Gasteiger charge is -2.58. The molecular weight excluding hydrogens is 392 g/mol. The molecule has 0 heterocycles. The van der Waals surface area contributed by atoms with E-state index in [9.17, 15) is 4.79 Å². The first-order valence-electron chi connectivity index (χ1n) is 13.9. The van der Waals surface area contributed by atoms with Crippen molar-refractivity contribution >= 4 is 5.97 Å². The van der Waals surface area contributed by atoms with Gasteiger partial charge in [-0.15, -0.1) is 0 Å². The number of carbonyl (C=O) groups is 1. The second-order valence-corrected chi connectivity index (χ2v) is 13.6. The van der Waals surface area contributed by atoms with Crippen LogP contribution in [0.3, 0.4) is 0 Å². The molecule has 0 spiro atoms. The highest BCUT2D eigenvalue weighted by Crippen LogP contribution is 2.67. The number of hydrogen-bond donors (Lipinski definition) is 0. The zero-order valence-electron chi connectivity index (χ0n) is 22.1. The fourth-order valence-electron chi connectivity index (χ4n) is 9.31. The van der Waals surface area contributed by atoms with Crippen LogP contribution in [0.15, 0.2) is 11.6 Å². The maximum atomic E-state index is 11.4. The molecule has 32 heavy (non-hydrogen) atoms. The second-order valence-electron chi connectivity index (χ2n) is 13.6. The summed E-state index contributed by atoms with van der Waals surface area (Å²) < 4.78 is 5.52. The van der Waals surface area contributed by atoms with Crippen LogP contribution in [0.1, 0.15) is 119 Å². The van der Waals surface area contributed by atoms with Crippen LogP contribution >= 0.6 is 0 Å². The minimum absolute atomic E-state index is 0.156. The predicted octanol–water partition coefficient (Wildman–Crippen LogP) is 8.35. The topological polar surface area (TPSA) is 26.3 Å². The Hall–Kier alpha value is -0.790. The molecule has 4 aliphatic carbocycles. The summed E-state index contributed by atoms with van der Waals surface area (Å²) in [5, 5.41) is 0. The minimum atomic E-state index is -0.329. The number of ether oxygens (including phenoxy) is 1. The molecule has 2 nitrogen and oxygen atoms in total. The van der Waals surface area contributed by atoms with Gasteiger partial charge in [-0.2, -0.15) is 0 Å². The van der Waals surface area contributed by atoms with Gasteiger partial charge in [-0.1, -0.05) is 45.8 Å². The molecule has 0 amide bonds. The van der Waals surface area contributed by atoms with Crippen LogP contribution in [0.2, 0.25) is 0 Å². The molecule has 8 unspecified atom stereocenters. The number of fused-ring (bicyclic) bond motifs is 5. The predicted molar refractivity (Wildman–Crippen MR) is 133 cm³/mol. The number of allylic oxidation sites excluding steroid dienone is 2. The van der Waals surface area contributed by atoms with Crippen molar-refractivity contribution in [1.82, 2.24) is 0 Å². The standard InChI is InChI=1S/C30H50O2/c1-20-14-17-29(6)23(19-20)10-11-24-26-13-12-25(30(26,7)18-15-27(24)29)21(2)9-8-16-28(4,5)32-22(3)31/h10,20-21,24-27H,8-9,11-19H2,1-7H3. The Labute approximate surface area is 198 Å². The molecule has 3 fully saturated rings. The molecular formula is C30H50O2. The summed E-state index contributed by atoms with van der Waals surface area (Å²) in [6, 6.07) is 0. The zero-order chi connectivity index (χ0) is 23.3. The Balaban J connectivity index is 1.41. The lowest BCUT2D eigenvalue weighted by molar-refractivity contribution is -0.154. The fourth-order valence-corrected chi connectivity index (χ4v) is 9.31. The molecule has 8 atom stereocenters. The van der Waals surface area contributed by atoms with E-state index in [0.717, 1.165) is 48.3 Å². The van der Waals surface area contributed by atoms with Gasteiger partial charge in [-0.05, 0) is 124 Å². The Kier molecular flexibility index (Phi) is 6.67. The van der Waals surface area contributed by atoms with E-state index < -0.39 is 0 Å². The lowest BCUT2D eigenvalue weighted by atomic mass is 9.46. The highest BCUT2D eigenvalue weighted by molar-refractivity contribution is 5.66. The van der Waals surface area contributed by atoms with Crippen molar-refractivity contribution in [3.8, 4) is 0 Å². The lowest BCUT2D eigenvalue weighted by Crippen LogP contribution is -2.50. The van der Waals surface area contributed by atoms with E-state index in [4.69, 9.17) is 4.74 Å². The van der Waals surface area contributed by atoms with Crippen LogP contribution in [0.5, 0.6) is 0 Å².